The monoisotopic (exact) mass is 469 g/mol. The summed E-state index contributed by atoms with van der Waals surface area (Å²) in [5, 5.41) is 29.0. The molecule has 3 N–H and O–H groups in total. The topological polar surface area (TPSA) is 104 Å². The molecule has 2 aromatic heterocycles. The lowest BCUT2D eigenvalue weighted by Gasteiger charge is -2.20. The van der Waals surface area contributed by atoms with Gasteiger partial charge in [-0.3, -0.25) is 9.78 Å². The number of hydrogen-bond acceptors (Lipinski definition) is 6. The third kappa shape index (κ3) is 4.55. The van der Waals surface area contributed by atoms with Gasteiger partial charge in [0.2, 0.25) is 0 Å². The lowest BCUT2D eigenvalue weighted by Crippen LogP contribution is -2.26. The normalized spacial score (nSPS) is 12.7. The minimum Gasteiger partial charge on any atom is -0.508 e. The molecule has 3 heterocycles. The molecule has 8 heteroatoms. The highest BCUT2D eigenvalue weighted by Gasteiger charge is 2.29. The van der Waals surface area contributed by atoms with Crippen LogP contribution in [0, 0.1) is 5.92 Å². The second-order valence-corrected chi connectivity index (χ2v) is 9.14. The van der Waals surface area contributed by atoms with Gasteiger partial charge in [-0.1, -0.05) is 50.2 Å². The zero-order chi connectivity index (χ0) is 24.5. The van der Waals surface area contributed by atoms with Gasteiger partial charge in [0.15, 0.2) is 0 Å². The van der Waals surface area contributed by atoms with Crippen LogP contribution in [-0.2, 0) is 19.6 Å². The van der Waals surface area contributed by atoms with Crippen molar-refractivity contribution in [3.8, 4) is 22.8 Å². The van der Waals surface area contributed by atoms with Crippen LogP contribution in [-0.4, -0.2) is 35.8 Å². The molecule has 0 saturated heterocycles. The van der Waals surface area contributed by atoms with Crippen LogP contribution < -0.4 is 5.32 Å². The standard InChI is InChI=1S/C27H27N5O3/c1-17(2)14-32-25(13-21(30-32)18-7-4-3-5-8-18)29-22-11-20(33)12-24(34)26(22)27(35)31-15-19-9-6-10-28-23(19)16-31/h3-13,17,29,33-34H,14-16H2,1-2H3. The lowest BCUT2D eigenvalue weighted by atomic mass is 10.1. The zero-order valence-electron chi connectivity index (χ0n) is 19.6. The highest BCUT2D eigenvalue weighted by atomic mass is 16.3. The number of benzene rings is 2. The number of carbonyl (C=O) groups is 1. The summed E-state index contributed by atoms with van der Waals surface area (Å²) in [6, 6.07) is 18.2. The predicted octanol–water partition coefficient (Wildman–Crippen LogP) is 4.91. The maximum Gasteiger partial charge on any atom is 0.260 e. The number of carbonyl (C=O) groups excluding carboxylic acids is 1. The van der Waals surface area contributed by atoms with Gasteiger partial charge in [-0.15, -0.1) is 0 Å². The van der Waals surface area contributed by atoms with E-state index in [1.807, 2.05) is 53.2 Å². The number of aromatic nitrogens is 3. The van der Waals surface area contributed by atoms with Crippen molar-refractivity contribution in [1.82, 2.24) is 19.7 Å². The highest BCUT2D eigenvalue weighted by Crippen LogP contribution is 2.36. The Morgan fingerprint density at radius 3 is 2.60 bits per heavy atom. The van der Waals surface area contributed by atoms with Gasteiger partial charge in [0.25, 0.3) is 5.91 Å². The van der Waals surface area contributed by atoms with E-state index in [0.29, 0.717) is 37.1 Å². The third-order valence-electron chi connectivity index (χ3n) is 5.94. The zero-order valence-corrected chi connectivity index (χ0v) is 19.6. The van der Waals surface area contributed by atoms with Crippen molar-refractivity contribution in [3.05, 3.63) is 83.7 Å². The van der Waals surface area contributed by atoms with E-state index in [1.165, 1.54) is 12.1 Å². The molecule has 1 amide bonds. The van der Waals surface area contributed by atoms with Crippen LogP contribution in [0.2, 0.25) is 0 Å². The molecule has 8 nitrogen and oxygen atoms in total. The highest BCUT2D eigenvalue weighted by molar-refractivity contribution is 6.03. The molecule has 1 aliphatic rings. The van der Waals surface area contributed by atoms with Gasteiger partial charge in [0.1, 0.15) is 22.9 Å². The van der Waals surface area contributed by atoms with Crippen LogP contribution in [0.25, 0.3) is 11.3 Å². The number of nitrogens with one attached hydrogen (secondary N) is 1. The summed E-state index contributed by atoms with van der Waals surface area (Å²) in [6.07, 6.45) is 1.71. The largest absolute Gasteiger partial charge is 0.508 e. The fourth-order valence-electron chi connectivity index (χ4n) is 4.33. The molecule has 0 bridgehead atoms. The van der Waals surface area contributed by atoms with Crippen LogP contribution in [0.1, 0.15) is 35.5 Å². The van der Waals surface area contributed by atoms with Crippen molar-refractivity contribution in [2.75, 3.05) is 5.32 Å². The van der Waals surface area contributed by atoms with Gasteiger partial charge >= 0.3 is 0 Å². The van der Waals surface area contributed by atoms with E-state index in [9.17, 15) is 15.0 Å². The summed E-state index contributed by atoms with van der Waals surface area (Å²) in [5.74, 6) is 0.197. The summed E-state index contributed by atoms with van der Waals surface area (Å²) < 4.78 is 1.85. The van der Waals surface area contributed by atoms with Crippen LogP contribution >= 0.6 is 0 Å². The number of amides is 1. The molecule has 4 aromatic rings. The smallest absolute Gasteiger partial charge is 0.260 e. The Balaban J connectivity index is 1.51. The molecule has 0 spiro atoms. The number of pyridine rings is 1. The van der Waals surface area contributed by atoms with E-state index in [2.05, 4.69) is 24.1 Å². The molecule has 5 rings (SSSR count). The maximum atomic E-state index is 13.5. The Hall–Kier alpha value is -4.33. The molecule has 0 fully saturated rings. The van der Waals surface area contributed by atoms with Gasteiger partial charge in [-0.05, 0) is 17.5 Å². The molecule has 0 atom stereocenters. The summed E-state index contributed by atoms with van der Waals surface area (Å²) in [5.41, 5.74) is 3.98. The van der Waals surface area contributed by atoms with Gasteiger partial charge in [0.05, 0.1) is 23.6 Å². The summed E-state index contributed by atoms with van der Waals surface area (Å²) in [4.78, 5) is 19.5. The van der Waals surface area contributed by atoms with Gasteiger partial charge < -0.3 is 20.4 Å². The van der Waals surface area contributed by atoms with E-state index in [4.69, 9.17) is 5.10 Å². The maximum absolute atomic E-state index is 13.5. The fraction of sp³-hybridized carbons (Fsp3) is 0.222. The van der Waals surface area contributed by atoms with Crippen molar-refractivity contribution in [2.45, 2.75) is 33.5 Å². The Morgan fingerprint density at radius 1 is 1.06 bits per heavy atom. The van der Waals surface area contributed by atoms with E-state index < -0.39 is 0 Å². The SMILES string of the molecule is CC(C)Cn1nc(-c2ccccc2)cc1Nc1cc(O)cc(O)c1C(=O)N1Cc2cccnc2C1. The molecular weight excluding hydrogens is 442 g/mol. The van der Waals surface area contributed by atoms with Crippen molar-refractivity contribution < 1.29 is 15.0 Å². The van der Waals surface area contributed by atoms with E-state index in [1.54, 1.807) is 11.1 Å². The summed E-state index contributed by atoms with van der Waals surface area (Å²) >= 11 is 0. The first-order valence-corrected chi connectivity index (χ1v) is 11.6. The number of phenolic OH excluding ortho intramolecular Hbond substituents is 2. The summed E-state index contributed by atoms with van der Waals surface area (Å²) in [6.45, 7) is 5.61. The lowest BCUT2D eigenvalue weighted by molar-refractivity contribution is 0.0748. The Kier molecular flexibility index (Phi) is 5.86. The van der Waals surface area contributed by atoms with Gasteiger partial charge in [-0.25, -0.2) is 4.68 Å². The van der Waals surface area contributed by atoms with Crippen LogP contribution in [0.3, 0.4) is 0 Å². The quantitative estimate of drug-likeness (QED) is 0.371. The average Bonchev–Trinajstić information content (AvgIpc) is 3.43. The van der Waals surface area contributed by atoms with Crippen molar-refractivity contribution in [2.24, 2.45) is 5.92 Å². The molecule has 2 aromatic carbocycles. The van der Waals surface area contributed by atoms with E-state index in [-0.39, 0.29) is 23.0 Å². The molecule has 0 saturated carbocycles. The number of phenols is 2. The van der Waals surface area contributed by atoms with E-state index >= 15 is 0 Å². The number of aromatic hydroxyl groups is 2. The van der Waals surface area contributed by atoms with Crippen LogP contribution in [0.15, 0.2) is 66.9 Å². The first-order chi connectivity index (χ1) is 16.9. The minimum atomic E-state index is -0.346. The second kappa shape index (κ2) is 9.13. The number of nitrogens with zero attached hydrogens (tertiary/aromatic N) is 4. The summed E-state index contributed by atoms with van der Waals surface area (Å²) in [7, 11) is 0. The fourth-order valence-corrected chi connectivity index (χ4v) is 4.33. The number of hydrogen-bond donors (Lipinski definition) is 3. The molecule has 178 valence electrons. The first kappa shape index (κ1) is 22.5. The minimum absolute atomic E-state index is 0.0918. The van der Waals surface area contributed by atoms with Crippen LogP contribution in [0.5, 0.6) is 11.5 Å². The Labute approximate surface area is 203 Å². The van der Waals surface area contributed by atoms with Crippen molar-refractivity contribution in [1.29, 1.82) is 0 Å². The van der Waals surface area contributed by atoms with Gasteiger partial charge in [0, 0.05) is 43.0 Å². The Bertz CT molecular complexity index is 1360. The van der Waals surface area contributed by atoms with Crippen LogP contribution in [0.4, 0.5) is 11.5 Å². The molecule has 0 radical (unpaired) electrons. The molecule has 35 heavy (non-hydrogen) atoms. The van der Waals surface area contributed by atoms with Crippen molar-refractivity contribution in [3.63, 3.8) is 0 Å². The molecule has 0 unspecified atom stereocenters. The average molecular weight is 470 g/mol. The molecular formula is C27H27N5O3. The molecule has 1 aliphatic heterocycles. The number of fused-ring (bicyclic) bond motifs is 1. The van der Waals surface area contributed by atoms with E-state index in [0.717, 1.165) is 22.5 Å². The third-order valence-corrected chi connectivity index (χ3v) is 5.94. The first-order valence-electron chi connectivity index (χ1n) is 11.6. The Morgan fingerprint density at radius 2 is 1.86 bits per heavy atom. The van der Waals surface area contributed by atoms with Crippen molar-refractivity contribution >= 4 is 17.4 Å². The number of anilines is 2. The number of rotatable bonds is 6. The predicted molar refractivity (Wildman–Crippen MR) is 133 cm³/mol. The van der Waals surface area contributed by atoms with Gasteiger partial charge in [-0.2, -0.15) is 5.10 Å². The second-order valence-electron chi connectivity index (χ2n) is 9.14. The molecule has 0 aliphatic carbocycles.